The Bertz CT molecular complexity index is 1250. The topological polar surface area (TPSA) is 21.9 Å². The molecule has 0 bridgehead atoms. The van der Waals surface area contributed by atoms with E-state index in [-0.39, 0.29) is 0 Å². The van der Waals surface area contributed by atoms with Gasteiger partial charge in [-0.25, -0.2) is 0 Å². The Balaban J connectivity index is 1.91. The molecule has 0 aliphatic carbocycles. The lowest BCUT2D eigenvalue weighted by Gasteiger charge is -2.01. The number of aromatic nitrogens is 2. The first-order valence-corrected chi connectivity index (χ1v) is 8.80. The molecule has 3 heteroatoms. The van der Waals surface area contributed by atoms with E-state index in [9.17, 15) is 0 Å². The molecule has 0 fully saturated rings. The van der Waals surface area contributed by atoms with E-state index in [0.717, 1.165) is 28.2 Å². The molecule has 0 atom stereocenters. The average molecular weight is 339 g/mol. The van der Waals surface area contributed by atoms with Crippen molar-refractivity contribution >= 4 is 22.0 Å². The van der Waals surface area contributed by atoms with Crippen LogP contribution in [0.2, 0.25) is 0 Å². The Morgan fingerprint density at radius 2 is 1.58 bits per heavy atom. The zero-order chi connectivity index (χ0) is 17.7. The van der Waals surface area contributed by atoms with E-state index in [4.69, 9.17) is 4.42 Å². The second-order valence-corrected chi connectivity index (χ2v) is 6.61. The minimum absolute atomic E-state index is 0.920. The molecule has 0 N–H and O–H groups in total. The van der Waals surface area contributed by atoms with E-state index in [2.05, 4.69) is 77.6 Å². The molecule has 3 aromatic carbocycles. The summed E-state index contributed by atoms with van der Waals surface area (Å²) in [6.07, 6.45) is 1.87. The summed E-state index contributed by atoms with van der Waals surface area (Å²) in [6.45, 7) is 4.29. The largest absolute Gasteiger partial charge is 0.460 e. The summed E-state index contributed by atoms with van der Waals surface area (Å²) in [5.74, 6) is 1.14. The SMILES string of the molecule is Cc1cccc2occ(-[n+]3c(C)n(-c4ccccc4)c4ccccc43)c12. The molecule has 3 nitrogen and oxygen atoms in total. The maximum atomic E-state index is 5.87. The minimum Gasteiger partial charge on any atom is -0.460 e. The van der Waals surface area contributed by atoms with E-state index in [1.54, 1.807) is 0 Å². The van der Waals surface area contributed by atoms with Crippen molar-refractivity contribution in [1.82, 2.24) is 4.57 Å². The van der Waals surface area contributed by atoms with Crippen LogP contribution in [0.15, 0.2) is 83.5 Å². The number of rotatable bonds is 2. The lowest BCUT2D eigenvalue weighted by Crippen LogP contribution is -2.33. The third kappa shape index (κ3) is 2.04. The van der Waals surface area contributed by atoms with Gasteiger partial charge in [0.1, 0.15) is 17.5 Å². The highest BCUT2D eigenvalue weighted by Crippen LogP contribution is 2.28. The zero-order valence-corrected chi connectivity index (χ0v) is 14.8. The van der Waals surface area contributed by atoms with Gasteiger partial charge < -0.3 is 4.42 Å². The summed E-state index contributed by atoms with van der Waals surface area (Å²) >= 11 is 0. The summed E-state index contributed by atoms with van der Waals surface area (Å²) in [6, 6.07) is 25.2. The first-order valence-electron chi connectivity index (χ1n) is 8.80. The van der Waals surface area contributed by atoms with E-state index in [0.29, 0.717) is 0 Å². The van der Waals surface area contributed by atoms with Gasteiger partial charge in [0.05, 0.1) is 5.39 Å². The number of imidazole rings is 1. The minimum atomic E-state index is 0.920. The summed E-state index contributed by atoms with van der Waals surface area (Å²) in [5, 5.41) is 1.16. The maximum Gasteiger partial charge on any atom is 0.264 e. The predicted octanol–water partition coefficient (Wildman–Crippen LogP) is 5.27. The monoisotopic (exact) mass is 339 g/mol. The van der Waals surface area contributed by atoms with Crippen molar-refractivity contribution < 1.29 is 8.98 Å². The molecule has 0 aliphatic rings. The molecule has 5 rings (SSSR count). The second kappa shape index (κ2) is 5.60. The molecule has 0 amide bonds. The molecule has 0 unspecified atom stereocenters. The molecule has 2 aromatic heterocycles. The van der Waals surface area contributed by atoms with Crippen molar-refractivity contribution in [2.24, 2.45) is 0 Å². The molecule has 0 spiro atoms. The molecule has 2 heterocycles. The third-order valence-electron chi connectivity index (χ3n) is 5.05. The van der Waals surface area contributed by atoms with Crippen LogP contribution < -0.4 is 4.57 Å². The van der Waals surface area contributed by atoms with Crippen molar-refractivity contribution in [1.29, 1.82) is 0 Å². The van der Waals surface area contributed by atoms with Crippen LogP contribution in [0.25, 0.3) is 33.4 Å². The second-order valence-electron chi connectivity index (χ2n) is 6.61. The van der Waals surface area contributed by atoms with Crippen LogP contribution >= 0.6 is 0 Å². The van der Waals surface area contributed by atoms with Crippen LogP contribution in [0.4, 0.5) is 0 Å². The van der Waals surface area contributed by atoms with Crippen LogP contribution in [0.5, 0.6) is 0 Å². The van der Waals surface area contributed by atoms with Crippen LogP contribution in [0.3, 0.4) is 0 Å². The molecule has 0 saturated carbocycles. The smallest absolute Gasteiger partial charge is 0.264 e. The molecule has 126 valence electrons. The van der Waals surface area contributed by atoms with Crippen molar-refractivity contribution in [3.63, 3.8) is 0 Å². The average Bonchev–Trinajstić information content (AvgIpc) is 3.21. The van der Waals surface area contributed by atoms with Gasteiger partial charge in [-0.15, -0.1) is 0 Å². The van der Waals surface area contributed by atoms with Gasteiger partial charge in [-0.3, -0.25) is 0 Å². The Kier molecular flexibility index (Phi) is 3.22. The molecule has 5 aromatic rings. The highest BCUT2D eigenvalue weighted by Gasteiger charge is 2.26. The standard InChI is InChI=1S/C23H19N2O/c1-16-9-8-14-22-23(16)21(15-26-22)25-17(2)24(18-10-4-3-5-11-18)19-12-6-7-13-20(19)25/h3-15H,1-2H3/q+1. The number of nitrogens with zero attached hydrogens (tertiary/aromatic N) is 2. The number of hydrogen-bond donors (Lipinski definition) is 0. The molecule has 0 radical (unpaired) electrons. The maximum absolute atomic E-state index is 5.87. The zero-order valence-electron chi connectivity index (χ0n) is 14.8. The Labute approximate surface area is 151 Å². The number of fused-ring (bicyclic) bond motifs is 2. The third-order valence-corrected chi connectivity index (χ3v) is 5.05. The van der Waals surface area contributed by atoms with Gasteiger partial charge in [0.25, 0.3) is 5.82 Å². The fourth-order valence-electron chi connectivity index (χ4n) is 3.91. The van der Waals surface area contributed by atoms with E-state index in [1.165, 1.54) is 16.6 Å². The highest BCUT2D eigenvalue weighted by atomic mass is 16.3. The Morgan fingerprint density at radius 1 is 0.808 bits per heavy atom. The molecular weight excluding hydrogens is 320 g/mol. The van der Waals surface area contributed by atoms with Crippen molar-refractivity contribution in [2.75, 3.05) is 0 Å². The summed E-state index contributed by atoms with van der Waals surface area (Å²) in [7, 11) is 0. The van der Waals surface area contributed by atoms with Crippen molar-refractivity contribution in [3.05, 3.63) is 90.4 Å². The number of aryl methyl sites for hydroxylation is 1. The quantitative estimate of drug-likeness (QED) is 0.402. The normalized spacial score (nSPS) is 11.5. The van der Waals surface area contributed by atoms with Gasteiger partial charge in [0.15, 0.2) is 16.7 Å². The van der Waals surface area contributed by atoms with Gasteiger partial charge in [0.2, 0.25) is 0 Å². The van der Waals surface area contributed by atoms with E-state index >= 15 is 0 Å². The first kappa shape index (κ1) is 15.0. The van der Waals surface area contributed by atoms with Gasteiger partial charge in [-0.1, -0.05) is 42.5 Å². The summed E-state index contributed by atoms with van der Waals surface area (Å²) in [5.41, 5.74) is 6.73. The Hall–Kier alpha value is -3.33. The van der Waals surface area contributed by atoms with Gasteiger partial charge in [-0.2, -0.15) is 9.13 Å². The number of benzene rings is 3. The van der Waals surface area contributed by atoms with Crippen LogP contribution in [-0.4, -0.2) is 4.57 Å². The fourth-order valence-corrected chi connectivity index (χ4v) is 3.91. The summed E-state index contributed by atoms with van der Waals surface area (Å²) < 4.78 is 10.5. The first-order chi connectivity index (χ1) is 12.8. The van der Waals surface area contributed by atoms with Gasteiger partial charge >= 0.3 is 0 Å². The van der Waals surface area contributed by atoms with Crippen LogP contribution in [-0.2, 0) is 0 Å². The number of hydrogen-bond acceptors (Lipinski definition) is 1. The molecule has 0 aliphatic heterocycles. The molecule has 0 saturated heterocycles. The van der Waals surface area contributed by atoms with Crippen molar-refractivity contribution in [3.8, 4) is 11.4 Å². The predicted molar refractivity (Wildman–Crippen MR) is 104 cm³/mol. The summed E-state index contributed by atoms with van der Waals surface area (Å²) in [4.78, 5) is 0. The number of para-hydroxylation sites is 3. The highest BCUT2D eigenvalue weighted by molar-refractivity contribution is 5.88. The fraction of sp³-hybridized carbons (Fsp3) is 0.0870. The van der Waals surface area contributed by atoms with Crippen LogP contribution in [0.1, 0.15) is 11.4 Å². The van der Waals surface area contributed by atoms with Gasteiger partial charge in [-0.05, 0) is 42.8 Å². The molecular formula is C23H19N2O+. The van der Waals surface area contributed by atoms with E-state index < -0.39 is 0 Å². The lowest BCUT2D eigenvalue weighted by molar-refractivity contribution is -0.574. The van der Waals surface area contributed by atoms with Crippen molar-refractivity contribution in [2.45, 2.75) is 13.8 Å². The number of furan rings is 1. The van der Waals surface area contributed by atoms with Gasteiger partial charge in [0, 0.05) is 6.92 Å². The van der Waals surface area contributed by atoms with E-state index in [1.807, 2.05) is 24.5 Å². The molecule has 26 heavy (non-hydrogen) atoms. The van der Waals surface area contributed by atoms with Crippen LogP contribution in [0, 0.1) is 13.8 Å². The Morgan fingerprint density at radius 3 is 2.42 bits per heavy atom. The lowest BCUT2D eigenvalue weighted by atomic mass is 10.1.